The van der Waals surface area contributed by atoms with Crippen LogP contribution in [-0.2, 0) is 0 Å². The Morgan fingerprint density at radius 3 is 2.90 bits per heavy atom. The van der Waals surface area contributed by atoms with Crippen molar-refractivity contribution in [2.75, 3.05) is 16.8 Å². The van der Waals surface area contributed by atoms with Crippen molar-refractivity contribution in [3.63, 3.8) is 0 Å². The maximum absolute atomic E-state index is 4.58. The van der Waals surface area contributed by atoms with Crippen LogP contribution in [0.5, 0.6) is 0 Å². The van der Waals surface area contributed by atoms with E-state index in [9.17, 15) is 0 Å². The smallest absolute Gasteiger partial charge is 0.0901 e. The van der Waals surface area contributed by atoms with Crippen molar-refractivity contribution in [3.8, 4) is 11.3 Å². The predicted octanol–water partition coefficient (Wildman–Crippen LogP) is 5.06. The Kier molecular flexibility index (Phi) is 4.27. The van der Waals surface area contributed by atoms with Crippen molar-refractivity contribution in [1.82, 2.24) is 4.98 Å². The van der Waals surface area contributed by atoms with Crippen LogP contribution in [0.2, 0.25) is 0 Å². The van der Waals surface area contributed by atoms with E-state index in [1.165, 1.54) is 29.2 Å². The van der Waals surface area contributed by atoms with Crippen molar-refractivity contribution in [1.29, 1.82) is 0 Å². The van der Waals surface area contributed by atoms with Crippen LogP contribution >= 0.6 is 23.1 Å². The molecule has 1 aliphatic heterocycles. The van der Waals surface area contributed by atoms with Gasteiger partial charge in [-0.3, -0.25) is 0 Å². The molecule has 1 aliphatic rings. The number of thioether (sulfide) groups is 1. The Hall–Kier alpha value is -1.00. The minimum absolute atomic E-state index is 0.360. The SMILES string of the molecule is Cc1nc(-c2cccc(NC3CSCCC3(C)C)c2)cs1. The molecule has 0 amide bonds. The molecular weight excluding hydrogens is 296 g/mol. The number of thiazole rings is 1. The highest BCUT2D eigenvalue weighted by Gasteiger charge is 2.32. The van der Waals surface area contributed by atoms with Crippen LogP contribution < -0.4 is 5.32 Å². The van der Waals surface area contributed by atoms with Gasteiger partial charge in [-0.25, -0.2) is 4.98 Å². The average molecular weight is 319 g/mol. The molecule has 2 nitrogen and oxygen atoms in total. The lowest BCUT2D eigenvalue weighted by molar-refractivity contribution is 0.305. The zero-order chi connectivity index (χ0) is 14.9. The summed E-state index contributed by atoms with van der Waals surface area (Å²) in [6.07, 6.45) is 1.28. The summed E-state index contributed by atoms with van der Waals surface area (Å²) in [5.41, 5.74) is 3.85. The number of nitrogens with one attached hydrogen (secondary N) is 1. The summed E-state index contributed by atoms with van der Waals surface area (Å²) in [7, 11) is 0. The predicted molar refractivity (Wildman–Crippen MR) is 95.4 cm³/mol. The Balaban J connectivity index is 1.80. The number of aryl methyl sites for hydroxylation is 1. The molecule has 1 fully saturated rings. The first kappa shape index (κ1) is 14.9. The molecule has 1 aromatic heterocycles. The van der Waals surface area contributed by atoms with E-state index in [0.717, 1.165) is 10.7 Å². The number of anilines is 1. The maximum atomic E-state index is 4.58. The molecule has 2 aromatic rings. The Labute approximate surface area is 135 Å². The van der Waals surface area contributed by atoms with Crippen LogP contribution in [0.25, 0.3) is 11.3 Å². The quantitative estimate of drug-likeness (QED) is 0.856. The monoisotopic (exact) mass is 318 g/mol. The van der Waals surface area contributed by atoms with Gasteiger partial charge in [0.1, 0.15) is 0 Å². The van der Waals surface area contributed by atoms with Gasteiger partial charge in [0, 0.05) is 28.4 Å². The molecule has 0 bridgehead atoms. The molecule has 1 atom stereocenters. The van der Waals surface area contributed by atoms with Gasteiger partial charge in [-0.1, -0.05) is 26.0 Å². The van der Waals surface area contributed by atoms with Gasteiger partial charge >= 0.3 is 0 Å². The normalized spacial score (nSPS) is 21.2. The largest absolute Gasteiger partial charge is 0.381 e. The highest BCUT2D eigenvalue weighted by atomic mass is 32.2. The molecule has 21 heavy (non-hydrogen) atoms. The van der Waals surface area contributed by atoms with Crippen molar-refractivity contribution in [3.05, 3.63) is 34.7 Å². The number of hydrogen-bond donors (Lipinski definition) is 1. The first-order valence-corrected chi connectivity index (χ1v) is 9.45. The molecule has 0 radical (unpaired) electrons. The highest BCUT2D eigenvalue weighted by Crippen LogP contribution is 2.36. The molecule has 4 heteroatoms. The van der Waals surface area contributed by atoms with Gasteiger partial charge in [0.2, 0.25) is 0 Å². The van der Waals surface area contributed by atoms with Crippen LogP contribution in [0.1, 0.15) is 25.3 Å². The summed E-state index contributed by atoms with van der Waals surface area (Å²) < 4.78 is 0. The zero-order valence-corrected chi connectivity index (χ0v) is 14.5. The maximum Gasteiger partial charge on any atom is 0.0901 e. The van der Waals surface area contributed by atoms with Gasteiger partial charge in [0.05, 0.1) is 10.7 Å². The second-order valence-corrected chi connectivity index (χ2v) is 8.56. The summed E-state index contributed by atoms with van der Waals surface area (Å²) in [6, 6.07) is 9.18. The van der Waals surface area contributed by atoms with Gasteiger partial charge in [0.15, 0.2) is 0 Å². The Bertz CT molecular complexity index is 619. The standard InChI is InChI=1S/C17H22N2S2/c1-12-18-15(10-21-12)13-5-4-6-14(9-13)19-16-11-20-8-7-17(16,2)3/h4-6,9-10,16,19H,7-8,11H2,1-3H3. The summed E-state index contributed by atoms with van der Waals surface area (Å²) >= 11 is 3.76. The van der Waals surface area contributed by atoms with Crippen molar-refractivity contribution >= 4 is 28.8 Å². The third-order valence-electron chi connectivity index (χ3n) is 4.24. The first-order valence-electron chi connectivity index (χ1n) is 7.41. The van der Waals surface area contributed by atoms with Crippen LogP contribution in [-0.4, -0.2) is 22.5 Å². The van der Waals surface area contributed by atoms with E-state index in [4.69, 9.17) is 0 Å². The number of nitrogens with zero attached hydrogens (tertiary/aromatic N) is 1. The third-order valence-corrected chi connectivity index (χ3v) is 6.07. The van der Waals surface area contributed by atoms with Gasteiger partial charge in [-0.2, -0.15) is 11.8 Å². The molecule has 1 saturated heterocycles. The van der Waals surface area contributed by atoms with Gasteiger partial charge in [0.25, 0.3) is 0 Å². The second kappa shape index (κ2) is 6.01. The van der Waals surface area contributed by atoms with Crippen molar-refractivity contribution in [2.45, 2.75) is 33.2 Å². The zero-order valence-electron chi connectivity index (χ0n) is 12.8. The summed E-state index contributed by atoms with van der Waals surface area (Å²) in [5, 5.41) is 7.00. The first-order chi connectivity index (χ1) is 10.0. The second-order valence-electron chi connectivity index (χ2n) is 6.34. The molecule has 2 heterocycles. The molecular formula is C17H22N2S2. The van der Waals surface area contributed by atoms with E-state index in [2.05, 4.69) is 72.5 Å². The number of benzene rings is 1. The molecule has 0 aliphatic carbocycles. The molecule has 1 unspecified atom stereocenters. The summed E-state index contributed by atoms with van der Waals surface area (Å²) in [4.78, 5) is 4.58. The molecule has 1 aromatic carbocycles. The molecule has 0 spiro atoms. The van der Waals surface area contributed by atoms with Crippen molar-refractivity contribution < 1.29 is 0 Å². The fraction of sp³-hybridized carbons (Fsp3) is 0.471. The summed E-state index contributed by atoms with van der Waals surface area (Å²) in [5.74, 6) is 2.47. The van der Waals surface area contributed by atoms with Crippen LogP contribution in [0.15, 0.2) is 29.6 Å². The third kappa shape index (κ3) is 3.43. The van der Waals surface area contributed by atoms with Crippen LogP contribution in [0.3, 0.4) is 0 Å². The van der Waals surface area contributed by atoms with Crippen molar-refractivity contribution in [2.24, 2.45) is 5.41 Å². The lowest BCUT2D eigenvalue weighted by atomic mass is 9.82. The van der Waals surface area contributed by atoms with E-state index in [1.807, 2.05) is 0 Å². The van der Waals surface area contributed by atoms with Crippen LogP contribution in [0, 0.1) is 12.3 Å². The fourth-order valence-electron chi connectivity index (χ4n) is 2.64. The molecule has 1 N–H and O–H groups in total. The Morgan fingerprint density at radius 2 is 2.19 bits per heavy atom. The van der Waals surface area contributed by atoms with E-state index < -0.39 is 0 Å². The molecule has 3 rings (SSSR count). The van der Waals surface area contributed by atoms with E-state index in [1.54, 1.807) is 11.3 Å². The van der Waals surface area contributed by atoms with Gasteiger partial charge in [-0.05, 0) is 36.6 Å². The minimum atomic E-state index is 0.360. The molecule has 112 valence electrons. The Morgan fingerprint density at radius 1 is 1.33 bits per heavy atom. The lowest BCUT2D eigenvalue weighted by Crippen LogP contribution is -2.41. The van der Waals surface area contributed by atoms with Gasteiger partial charge in [-0.15, -0.1) is 11.3 Å². The summed E-state index contributed by atoms with van der Waals surface area (Å²) in [6.45, 7) is 6.80. The van der Waals surface area contributed by atoms with E-state index >= 15 is 0 Å². The number of rotatable bonds is 3. The molecule has 0 saturated carbocycles. The number of aromatic nitrogens is 1. The minimum Gasteiger partial charge on any atom is -0.381 e. The topological polar surface area (TPSA) is 24.9 Å². The number of hydrogen-bond acceptors (Lipinski definition) is 4. The average Bonchev–Trinajstić information content (AvgIpc) is 2.88. The van der Waals surface area contributed by atoms with E-state index in [-0.39, 0.29) is 0 Å². The van der Waals surface area contributed by atoms with Gasteiger partial charge < -0.3 is 5.32 Å². The van der Waals surface area contributed by atoms with E-state index in [0.29, 0.717) is 11.5 Å². The van der Waals surface area contributed by atoms with Crippen LogP contribution in [0.4, 0.5) is 5.69 Å². The highest BCUT2D eigenvalue weighted by molar-refractivity contribution is 7.99. The lowest BCUT2D eigenvalue weighted by Gasteiger charge is -2.39. The fourth-order valence-corrected chi connectivity index (χ4v) is 4.87.